The zero-order valence-corrected chi connectivity index (χ0v) is 17.5. The molecule has 0 bridgehead atoms. The fraction of sp³-hybridized carbons (Fsp3) is 0.611. The Balaban J connectivity index is 0.00000312. The van der Waals surface area contributed by atoms with Crippen molar-refractivity contribution < 1.29 is 14.2 Å². The summed E-state index contributed by atoms with van der Waals surface area (Å²) in [5, 5.41) is 6.53. The van der Waals surface area contributed by atoms with Crippen LogP contribution in [0, 0.1) is 0 Å². The Kier molecular flexibility index (Phi) is 11.6. The summed E-state index contributed by atoms with van der Waals surface area (Å²) in [5.74, 6) is 1.64. The van der Waals surface area contributed by atoms with Crippen molar-refractivity contribution in [2.45, 2.75) is 32.4 Å². The predicted octanol–water partition coefficient (Wildman–Crippen LogP) is 2.56. The van der Waals surface area contributed by atoms with E-state index in [1.807, 2.05) is 31.2 Å². The van der Waals surface area contributed by atoms with Gasteiger partial charge in [0.2, 0.25) is 0 Å². The number of nitrogens with one attached hydrogen (secondary N) is 2. The Morgan fingerprint density at radius 1 is 1.32 bits per heavy atom. The maximum atomic E-state index is 5.66. The lowest BCUT2D eigenvalue weighted by Crippen LogP contribution is -2.39. The van der Waals surface area contributed by atoms with Gasteiger partial charge in [-0.15, -0.1) is 24.0 Å². The molecule has 0 amide bonds. The van der Waals surface area contributed by atoms with Crippen molar-refractivity contribution in [3.05, 3.63) is 29.8 Å². The molecule has 0 spiro atoms. The Hall–Kier alpha value is -1.06. The molecule has 0 aliphatic carbocycles. The van der Waals surface area contributed by atoms with E-state index < -0.39 is 0 Å². The number of rotatable bonds is 9. The first-order chi connectivity index (χ1) is 11.8. The summed E-state index contributed by atoms with van der Waals surface area (Å²) in [5.41, 5.74) is 1.06. The molecular formula is C18H30IN3O3. The van der Waals surface area contributed by atoms with Crippen molar-refractivity contribution in [1.82, 2.24) is 10.6 Å². The molecule has 1 aliphatic heterocycles. The minimum atomic E-state index is 0. The fourth-order valence-corrected chi connectivity index (χ4v) is 2.57. The largest absolute Gasteiger partial charge is 0.496 e. The van der Waals surface area contributed by atoms with E-state index in [-0.39, 0.29) is 30.1 Å². The SMILES string of the molecule is CCNC(=NCc1ccccc1OC)NCCOCC1CCCO1.I. The Labute approximate surface area is 167 Å². The first kappa shape index (κ1) is 22.0. The van der Waals surface area contributed by atoms with Crippen molar-refractivity contribution in [3.8, 4) is 5.75 Å². The lowest BCUT2D eigenvalue weighted by molar-refractivity contribution is 0.0191. The molecule has 1 unspecified atom stereocenters. The molecule has 142 valence electrons. The fourth-order valence-electron chi connectivity index (χ4n) is 2.57. The van der Waals surface area contributed by atoms with Gasteiger partial charge >= 0.3 is 0 Å². The third-order valence-corrected chi connectivity index (χ3v) is 3.81. The highest BCUT2D eigenvalue weighted by molar-refractivity contribution is 14.0. The van der Waals surface area contributed by atoms with Gasteiger partial charge in [-0.1, -0.05) is 18.2 Å². The van der Waals surface area contributed by atoms with Crippen LogP contribution in [0.3, 0.4) is 0 Å². The van der Waals surface area contributed by atoms with Crippen LogP contribution in [0.5, 0.6) is 5.75 Å². The Morgan fingerprint density at radius 3 is 2.88 bits per heavy atom. The number of aliphatic imine (C=N–C) groups is 1. The van der Waals surface area contributed by atoms with Gasteiger partial charge in [0.15, 0.2) is 5.96 Å². The zero-order chi connectivity index (χ0) is 17.0. The molecule has 1 aliphatic rings. The third-order valence-electron chi connectivity index (χ3n) is 3.81. The van der Waals surface area contributed by atoms with Crippen LogP contribution in [0.2, 0.25) is 0 Å². The van der Waals surface area contributed by atoms with Gasteiger partial charge in [-0.3, -0.25) is 0 Å². The molecule has 2 rings (SSSR count). The van der Waals surface area contributed by atoms with Gasteiger partial charge in [0, 0.05) is 25.3 Å². The molecule has 1 atom stereocenters. The number of para-hydroxylation sites is 1. The molecule has 1 aromatic carbocycles. The van der Waals surface area contributed by atoms with Crippen molar-refractivity contribution in [3.63, 3.8) is 0 Å². The van der Waals surface area contributed by atoms with Crippen LogP contribution < -0.4 is 15.4 Å². The van der Waals surface area contributed by atoms with E-state index >= 15 is 0 Å². The second-order valence-corrected chi connectivity index (χ2v) is 5.64. The first-order valence-electron chi connectivity index (χ1n) is 8.67. The van der Waals surface area contributed by atoms with Gasteiger partial charge in [-0.05, 0) is 25.8 Å². The van der Waals surface area contributed by atoms with Gasteiger partial charge in [0.05, 0.1) is 33.0 Å². The number of benzene rings is 1. The van der Waals surface area contributed by atoms with E-state index in [0.717, 1.165) is 43.3 Å². The van der Waals surface area contributed by atoms with Gasteiger partial charge in [-0.25, -0.2) is 4.99 Å². The van der Waals surface area contributed by atoms with Crippen molar-refractivity contribution in [2.75, 3.05) is 40.0 Å². The molecule has 1 aromatic rings. The van der Waals surface area contributed by atoms with E-state index in [1.54, 1.807) is 7.11 Å². The second kappa shape index (κ2) is 13.2. The normalized spacial score (nSPS) is 17.0. The van der Waals surface area contributed by atoms with Crippen LogP contribution in [0.1, 0.15) is 25.3 Å². The van der Waals surface area contributed by atoms with Crippen LogP contribution in [0.4, 0.5) is 0 Å². The Bertz CT molecular complexity index is 508. The molecule has 1 saturated heterocycles. The van der Waals surface area contributed by atoms with Gasteiger partial charge < -0.3 is 24.8 Å². The molecule has 7 heteroatoms. The first-order valence-corrected chi connectivity index (χ1v) is 8.67. The van der Waals surface area contributed by atoms with E-state index in [9.17, 15) is 0 Å². The quantitative estimate of drug-likeness (QED) is 0.255. The van der Waals surface area contributed by atoms with Gasteiger partial charge in [0.25, 0.3) is 0 Å². The zero-order valence-electron chi connectivity index (χ0n) is 15.1. The summed E-state index contributed by atoms with van der Waals surface area (Å²) < 4.78 is 16.5. The summed E-state index contributed by atoms with van der Waals surface area (Å²) in [6.07, 6.45) is 2.53. The number of nitrogens with zero attached hydrogens (tertiary/aromatic N) is 1. The predicted molar refractivity (Wildman–Crippen MR) is 111 cm³/mol. The topological polar surface area (TPSA) is 64.1 Å². The number of guanidine groups is 1. The second-order valence-electron chi connectivity index (χ2n) is 5.64. The van der Waals surface area contributed by atoms with Crippen LogP contribution in [0.15, 0.2) is 29.3 Å². The van der Waals surface area contributed by atoms with Crippen molar-refractivity contribution >= 4 is 29.9 Å². The standard InChI is InChI=1S/C18H29N3O3.HI/c1-3-19-18(20-10-12-23-14-16-8-6-11-24-16)21-13-15-7-4-5-9-17(15)22-2;/h4-5,7,9,16H,3,6,8,10-14H2,1-2H3,(H2,19,20,21);1H. The molecule has 25 heavy (non-hydrogen) atoms. The smallest absolute Gasteiger partial charge is 0.191 e. The van der Waals surface area contributed by atoms with Crippen LogP contribution in [-0.4, -0.2) is 52.1 Å². The van der Waals surface area contributed by atoms with E-state index in [2.05, 4.69) is 15.6 Å². The molecular weight excluding hydrogens is 433 g/mol. The number of hydrogen-bond donors (Lipinski definition) is 2. The van der Waals surface area contributed by atoms with E-state index in [4.69, 9.17) is 14.2 Å². The van der Waals surface area contributed by atoms with Gasteiger partial charge in [-0.2, -0.15) is 0 Å². The lowest BCUT2D eigenvalue weighted by Gasteiger charge is -2.13. The number of ether oxygens (including phenoxy) is 3. The average molecular weight is 463 g/mol. The molecule has 1 fully saturated rings. The highest BCUT2D eigenvalue weighted by Gasteiger charge is 2.14. The molecule has 0 saturated carbocycles. The maximum Gasteiger partial charge on any atom is 0.191 e. The Morgan fingerprint density at radius 2 is 2.16 bits per heavy atom. The molecule has 2 N–H and O–H groups in total. The third kappa shape index (κ3) is 8.24. The maximum absolute atomic E-state index is 5.66. The molecule has 6 nitrogen and oxygen atoms in total. The number of halogens is 1. The summed E-state index contributed by atoms with van der Waals surface area (Å²) in [6, 6.07) is 7.92. The van der Waals surface area contributed by atoms with E-state index in [0.29, 0.717) is 26.3 Å². The van der Waals surface area contributed by atoms with Crippen molar-refractivity contribution in [2.24, 2.45) is 4.99 Å². The molecule has 0 radical (unpaired) electrons. The summed E-state index contributed by atoms with van der Waals surface area (Å²) >= 11 is 0. The number of methoxy groups -OCH3 is 1. The molecule has 0 aromatic heterocycles. The van der Waals surface area contributed by atoms with Crippen LogP contribution in [-0.2, 0) is 16.0 Å². The number of hydrogen-bond acceptors (Lipinski definition) is 4. The summed E-state index contributed by atoms with van der Waals surface area (Å²) in [6.45, 7) is 6.32. The van der Waals surface area contributed by atoms with Crippen LogP contribution in [0.25, 0.3) is 0 Å². The van der Waals surface area contributed by atoms with Gasteiger partial charge in [0.1, 0.15) is 5.75 Å². The minimum Gasteiger partial charge on any atom is -0.496 e. The minimum absolute atomic E-state index is 0. The average Bonchev–Trinajstić information content (AvgIpc) is 3.13. The highest BCUT2D eigenvalue weighted by Crippen LogP contribution is 2.17. The lowest BCUT2D eigenvalue weighted by atomic mass is 10.2. The summed E-state index contributed by atoms with van der Waals surface area (Å²) in [7, 11) is 1.68. The summed E-state index contributed by atoms with van der Waals surface area (Å²) in [4.78, 5) is 4.60. The van der Waals surface area contributed by atoms with E-state index in [1.165, 1.54) is 0 Å². The molecule has 1 heterocycles. The highest BCUT2D eigenvalue weighted by atomic mass is 127. The van der Waals surface area contributed by atoms with Crippen molar-refractivity contribution in [1.29, 1.82) is 0 Å². The van der Waals surface area contributed by atoms with Crippen LogP contribution >= 0.6 is 24.0 Å². The monoisotopic (exact) mass is 463 g/mol.